The minimum absolute atomic E-state index is 0.334. The fraction of sp³-hybridized carbons (Fsp3) is 0.909. The van der Waals surface area contributed by atoms with E-state index in [-0.39, 0.29) is 0 Å². The first-order valence-electron chi connectivity index (χ1n) is 5.64. The first kappa shape index (κ1) is 12.7. The molecule has 0 aromatic rings. The third-order valence-electron chi connectivity index (χ3n) is 2.80. The van der Waals surface area contributed by atoms with Crippen molar-refractivity contribution in [1.29, 1.82) is 0 Å². The summed E-state index contributed by atoms with van der Waals surface area (Å²) in [6.45, 7) is 9.16. The second-order valence-corrected chi connectivity index (χ2v) is 5.31. The highest BCUT2D eigenvalue weighted by molar-refractivity contribution is 7.80. The molecular formula is C11H22N2OS. The van der Waals surface area contributed by atoms with Crippen LogP contribution in [0.2, 0.25) is 0 Å². The maximum absolute atomic E-state index is 5.36. The van der Waals surface area contributed by atoms with E-state index >= 15 is 0 Å². The van der Waals surface area contributed by atoms with Gasteiger partial charge in [0.25, 0.3) is 0 Å². The third kappa shape index (κ3) is 4.80. The number of rotatable bonds is 3. The molecule has 1 fully saturated rings. The Labute approximate surface area is 98.0 Å². The molecule has 4 heteroatoms. The fourth-order valence-corrected chi connectivity index (χ4v) is 1.96. The van der Waals surface area contributed by atoms with E-state index in [9.17, 15) is 0 Å². The zero-order valence-corrected chi connectivity index (χ0v) is 10.7. The first-order chi connectivity index (χ1) is 7.02. The predicted molar refractivity (Wildman–Crippen MR) is 67.0 cm³/mol. The van der Waals surface area contributed by atoms with Gasteiger partial charge in [-0.25, -0.2) is 0 Å². The molecule has 88 valence electrons. The van der Waals surface area contributed by atoms with E-state index in [1.165, 1.54) is 0 Å². The number of thiocarbonyl (C=S) groups is 1. The second-order valence-electron chi connectivity index (χ2n) is 4.90. The van der Waals surface area contributed by atoms with Crippen molar-refractivity contribution in [3.63, 3.8) is 0 Å². The minimum atomic E-state index is 0.334. The molecule has 0 spiro atoms. The van der Waals surface area contributed by atoms with Gasteiger partial charge in [0.1, 0.15) is 0 Å². The molecule has 15 heavy (non-hydrogen) atoms. The average Bonchev–Trinajstić information content (AvgIpc) is 2.15. The molecule has 0 unspecified atom stereocenters. The van der Waals surface area contributed by atoms with Gasteiger partial charge in [-0.15, -0.1) is 0 Å². The van der Waals surface area contributed by atoms with Crippen molar-refractivity contribution in [2.45, 2.75) is 39.7 Å². The zero-order chi connectivity index (χ0) is 11.3. The molecule has 1 aliphatic rings. The van der Waals surface area contributed by atoms with Gasteiger partial charge in [0, 0.05) is 25.8 Å². The number of nitrogens with one attached hydrogen (secondary N) is 2. The third-order valence-corrected chi connectivity index (χ3v) is 3.06. The van der Waals surface area contributed by atoms with Crippen LogP contribution >= 0.6 is 12.2 Å². The Kier molecular flexibility index (Phi) is 4.80. The van der Waals surface area contributed by atoms with Crippen molar-refractivity contribution < 1.29 is 4.74 Å². The van der Waals surface area contributed by atoms with Crippen LogP contribution in [0, 0.1) is 5.41 Å². The molecule has 0 saturated carbocycles. The van der Waals surface area contributed by atoms with Crippen LogP contribution in [0.5, 0.6) is 0 Å². The quantitative estimate of drug-likeness (QED) is 0.723. The number of hydrogen-bond acceptors (Lipinski definition) is 2. The van der Waals surface area contributed by atoms with Crippen LogP contribution in [-0.4, -0.2) is 30.9 Å². The summed E-state index contributed by atoms with van der Waals surface area (Å²) in [5.41, 5.74) is 0.334. The molecule has 0 radical (unpaired) electrons. The molecular weight excluding hydrogens is 208 g/mol. The highest BCUT2D eigenvalue weighted by atomic mass is 32.1. The van der Waals surface area contributed by atoms with E-state index in [4.69, 9.17) is 17.0 Å². The van der Waals surface area contributed by atoms with E-state index in [0.717, 1.165) is 37.7 Å². The van der Waals surface area contributed by atoms with Crippen molar-refractivity contribution >= 4 is 17.3 Å². The highest BCUT2D eigenvalue weighted by Gasteiger charge is 2.27. The lowest BCUT2D eigenvalue weighted by Gasteiger charge is -2.34. The van der Waals surface area contributed by atoms with Crippen molar-refractivity contribution in [2.24, 2.45) is 5.41 Å². The summed E-state index contributed by atoms with van der Waals surface area (Å²) < 4.78 is 5.36. The van der Waals surface area contributed by atoms with Gasteiger partial charge < -0.3 is 15.4 Å². The van der Waals surface area contributed by atoms with Gasteiger partial charge in [-0.1, -0.05) is 6.92 Å². The average molecular weight is 230 g/mol. The summed E-state index contributed by atoms with van der Waals surface area (Å²) in [5, 5.41) is 7.24. The van der Waals surface area contributed by atoms with Gasteiger partial charge in [-0.2, -0.15) is 0 Å². The molecule has 1 saturated heterocycles. The van der Waals surface area contributed by atoms with E-state index in [0.29, 0.717) is 11.5 Å². The van der Waals surface area contributed by atoms with Crippen LogP contribution < -0.4 is 10.6 Å². The normalized spacial score (nSPS) is 20.0. The smallest absolute Gasteiger partial charge is 0.166 e. The van der Waals surface area contributed by atoms with E-state index in [1.807, 2.05) is 0 Å². The first-order valence-corrected chi connectivity index (χ1v) is 6.05. The van der Waals surface area contributed by atoms with E-state index < -0.39 is 0 Å². The fourth-order valence-electron chi connectivity index (χ4n) is 1.65. The summed E-state index contributed by atoms with van der Waals surface area (Å²) in [6.07, 6.45) is 2.23. The van der Waals surface area contributed by atoms with Crippen LogP contribution in [0.25, 0.3) is 0 Å². The van der Waals surface area contributed by atoms with Crippen molar-refractivity contribution in [3.05, 3.63) is 0 Å². The molecule has 0 aromatic carbocycles. The maximum atomic E-state index is 5.36. The van der Waals surface area contributed by atoms with Crippen LogP contribution in [0.3, 0.4) is 0 Å². The number of hydrogen-bond donors (Lipinski definition) is 2. The molecule has 0 aliphatic carbocycles. The Bertz CT molecular complexity index is 213. The summed E-state index contributed by atoms with van der Waals surface area (Å²) in [7, 11) is 0. The molecule has 0 aromatic heterocycles. The van der Waals surface area contributed by atoms with Crippen LogP contribution in [-0.2, 0) is 4.74 Å². The molecule has 1 rings (SSSR count). The summed E-state index contributed by atoms with van der Waals surface area (Å²) in [4.78, 5) is 0. The van der Waals surface area contributed by atoms with Gasteiger partial charge in [0.05, 0.1) is 0 Å². The number of ether oxygens (including phenoxy) is 1. The molecule has 1 aliphatic heterocycles. The SMILES string of the molecule is CC(C)NC(=S)NCC1(C)CCOCC1. The highest BCUT2D eigenvalue weighted by Crippen LogP contribution is 2.28. The topological polar surface area (TPSA) is 33.3 Å². The van der Waals surface area contributed by atoms with Gasteiger partial charge in [-0.05, 0) is 44.3 Å². The molecule has 2 N–H and O–H groups in total. The lowest BCUT2D eigenvalue weighted by molar-refractivity contribution is 0.0261. The van der Waals surface area contributed by atoms with Gasteiger partial charge in [-0.3, -0.25) is 0 Å². The zero-order valence-electron chi connectivity index (χ0n) is 9.93. The van der Waals surface area contributed by atoms with Gasteiger partial charge >= 0.3 is 0 Å². The molecule has 0 amide bonds. The maximum Gasteiger partial charge on any atom is 0.166 e. The molecule has 3 nitrogen and oxygen atoms in total. The van der Waals surface area contributed by atoms with Crippen LogP contribution in [0.4, 0.5) is 0 Å². The molecule has 0 bridgehead atoms. The Morgan fingerprint density at radius 2 is 2.00 bits per heavy atom. The summed E-state index contributed by atoms with van der Waals surface area (Å²) >= 11 is 5.19. The summed E-state index contributed by atoms with van der Waals surface area (Å²) in [6, 6.07) is 0.396. The summed E-state index contributed by atoms with van der Waals surface area (Å²) in [5.74, 6) is 0. The van der Waals surface area contributed by atoms with Crippen LogP contribution in [0.15, 0.2) is 0 Å². The Morgan fingerprint density at radius 1 is 1.40 bits per heavy atom. The van der Waals surface area contributed by atoms with Crippen LogP contribution in [0.1, 0.15) is 33.6 Å². The van der Waals surface area contributed by atoms with Crippen molar-refractivity contribution in [1.82, 2.24) is 10.6 Å². The Morgan fingerprint density at radius 3 is 2.53 bits per heavy atom. The monoisotopic (exact) mass is 230 g/mol. The Balaban J connectivity index is 2.25. The second kappa shape index (κ2) is 5.66. The van der Waals surface area contributed by atoms with Gasteiger partial charge in [0.2, 0.25) is 0 Å². The molecule has 1 heterocycles. The predicted octanol–water partition coefficient (Wildman–Crippen LogP) is 1.68. The minimum Gasteiger partial charge on any atom is -0.381 e. The van der Waals surface area contributed by atoms with Crippen molar-refractivity contribution in [2.75, 3.05) is 19.8 Å². The largest absolute Gasteiger partial charge is 0.381 e. The lowest BCUT2D eigenvalue weighted by atomic mass is 9.82. The van der Waals surface area contributed by atoms with E-state index in [2.05, 4.69) is 31.4 Å². The lowest BCUT2D eigenvalue weighted by Crippen LogP contribution is -2.45. The molecule has 0 atom stereocenters. The van der Waals surface area contributed by atoms with Crippen molar-refractivity contribution in [3.8, 4) is 0 Å². The Hall–Kier alpha value is -0.350. The van der Waals surface area contributed by atoms with E-state index in [1.54, 1.807) is 0 Å². The standard InChI is InChI=1S/C11H22N2OS/c1-9(2)13-10(15)12-8-11(3)4-6-14-7-5-11/h9H,4-8H2,1-3H3,(H2,12,13,15). The van der Waals surface area contributed by atoms with Gasteiger partial charge in [0.15, 0.2) is 5.11 Å².